The van der Waals surface area contributed by atoms with Gasteiger partial charge >= 0.3 is 0 Å². The second-order valence-corrected chi connectivity index (χ2v) is 7.11. The van der Waals surface area contributed by atoms with Crippen molar-refractivity contribution in [3.8, 4) is 0 Å². The fourth-order valence-electron chi connectivity index (χ4n) is 3.18. The Hall–Kier alpha value is -2.59. The van der Waals surface area contributed by atoms with E-state index in [1.165, 1.54) is 11.1 Å². The lowest BCUT2D eigenvalue weighted by molar-refractivity contribution is -0.120. The van der Waals surface area contributed by atoms with Crippen LogP contribution in [-0.4, -0.2) is 24.9 Å². The second-order valence-electron chi connectivity index (χ2n) is 7.11. The van der Waals surface area contributed by atoms with Gasteiger partial charge in [0.25, 0.3) is 0 Å². The van der Waals surface area contributed by atoms with E-state index in [1.54, 1.807) is 6.26 Å². The zero-order chi connectivity index (χ0) is 18.7. The van der Waals surface area contributed by atoms with Gasteiger partial charge in [-0.25, -0.2) is 0 Å². The molecule has 1 N–H and O–H groups in total. The van der Waals surface area contributed by atoms with Gasteiger partial charge < -0.3 is 14.6 Å². The van der Waals surface area contributed by atoms with Crippen LogP contribution in [0.25, 0.3) is 11.0 Å². The van der Waals surface area contributed by atoms with Crippen molar-refractivity contribution in [1.82, 2.24) is 10.2 Å². The summed E-state index contributed by atoms with van der Waals surface area (Å²) in [4.78, 5) is 14.6. The summed E-state index contributed by atoms with van der Waals surface area (Å²) < 4.78 is 5.70. The highest BCUT2D eigenvalue weighted by atomic mass is 16.3. The monoisotopic (exact) mass is 350 g/mol. The quantitative estimate of drug-likeness (QED) is 0.732. The first-order chi connectivity index (χ1) is 12.5. The van der Waals surface area contributed by atoms with Crippen molar-refractivity contribution < 1.29 is 9.21 Å². The Balaban J connectivity index is 1.68. The number of nitrogens with zero attached hydrogens (tertiary/aromatic N) is 1. The summed E-state index contributed by atoms with van der Waals surface area (Å²) >= 11 is 0. The van der Waals surface area contributed by atoms with Crippen LogP contribution in [0.1, 0.15) is 27.8 Å². The third-order valence-corrected chi connectivity index (χ3v) is 4.77. The van der Waals surface area contributed by atoms with Gasteiger partial charge in [-0.2, -0.15) is 0 Å². The molecule has 0 unspecified atom stereocenters. The normalized spacial score (nSPS) is 11.3. The van der Waals surface area contributed by atoms with Crippen LogP contribution >= 0.6 is 0 Å². The average molecular weight is 350 g/mol. The minimum Gasteiger partial charge on any atom is -0.464 e. The topological polar surface area (TPSA) is 45.5 Å². The predicted molar refractivity (Wildman–Crippen MR) is 105 cm³/mol. The van der Waals surface area contributed by atoms with Crippen molar-refractivity contribution in [2.45, 2.75) is 33.4 Å². The average Bonchev–Trinajstić information content (AvgIpc) is 3.00. The number of carbonyl (C=O) groups is 1. The fourth-order valence-corrected chi connectivity index (χ4v) is 3.18. The standard InChI is InChI=1S/C22H26N2O2/c1-15-9-10-20-19(14-26-22(20)16(15)2)11-21(25)23-12-17-7-5-6-8-18(17)13-24(3)4/h5-10,14H,11-13H2,1-4H3,(H,23,25). The van der Waals surface area contributed by atoms with Crippen LogP contribution in [0.2, 0.25) is 0 Å². The summed E-state index contributed by atoms with van der Waals surface area (Å²) in [7, 11) is 4.09. The molecule has 0 aliphatic carbocycles. The number of furan rings is 1. The van der Waals surface area contributed by atoms with Gasteiger partial charge in [-0.15, -0.1) is 0 Å². The van der Waals surface area contributed by atoms with Crippen LogP contribution in [0, 0.1) is 13.8 Å². The Morgan fingerprint density at radius 2 is 1.77 bits per heavy atom. The van der Waals surface area contributed by atoms with Gasteiger partial charge in [0.15, 0.2) is 0 Å². The number of carbonyl (C=O) groups excluding carboxylic acids is 1. The molecule has 0 bridgehead atoms. The molecule has 3 rings (SSSR count). The number of fused-ring (bicyclic) bond motifs is 1. The molecule has 1 aromatic heterocycles. The maximum atomic E-state index is 12.4. The van der Waals surface area contributed by atoms with Crippen molar-refractivity contribution in [1.29, 1.82) is 0 Å². The van der Waals surface area contributed by atoms with Gasteiger partial charge in [-0.3, -0.25) is 4.79 Å². The number of nitrogens with one attached hydrogen (secondary N) is 1. The predicted octanol–water partition coefficient (Wildman–Crippen LogP) is 3.97. The van der Waals surface area contributed by atoms with Gasteiger partial charge in [-0.05, 0) is 50.2 Å². The largest absolute Gasteiger partial charge is 0.464 e. The molecule has 3 aromatic rings. The molecule has 0 radical (unpaired) electrons. The smallest absolute Gasteiger partial charge is 0.224 e. The lowest BCUT2D eigenvalue weighted by Crippen LogP contribution is -2.25. The van der Waals surface area contributed by atoms with E-state index in [-0.39, 0.29) is 5.91 Å². The molecular formula is C22H26N2O2. The van der Waals surface area contributed by atoms with Gasteiger partial charge in [0.1, 0.15) is 5.58 Å². The molecule has 1 heterocycles. The Kier molecular flexibility index (Phi) is 5.43. The van der Waals surface area contributed by atoms with Crippen LogP contribution in [0.5, 0.6) is 0 Å². The van der Waals surface area contributed by atoms with E-state index in [4.69, 9.17) is 4.42 Å². The molecule has 0 aliphatic rings. The minimum atomic E-state index is 0.00517. The highest BCUT2D eigenvalue weighted by Gasteiger charge is 2.13. The van der Waals surface area contributed by atoms with Crippen molar-refractivity contribution in [3.63, 3.8) is 0 Å². The van der Waals surface area contributed by atoms with Crippen LogP contribution in [-0.2, 0) is 24.3 Å². The second kappa shape index (κ2) is 7.75. The number of amides is 1. The molecule has 0 saturated heterocycles. The highest BCUT2D eigenvalue weighted by molar-refractivity contribution is 5.89. The van der Waals surface area contributed by atoms with Gasteiger partial charge in [-0.1, -0.05) is 36.4 Å². The number of rotatable bonds is 6. The zero-order valence-corrected chi connectivity index (χ0v) is 15.9. The summed E-state index contributed by atoms with van der Waals surface area (Å²) in [6.07, 6.45) is 2.03. The third kappa shape index (κ3) is 3.97. The summed E-state index contributed by atoms with van der Waals surface area (Å²) in [5.41, 5.74) is 6.52. The molecule has 0 saturated carbocycles. The Bertz CT molecular complexity index is 925. The van der Waals surface area contributed by atoms with Gasteiger partial charge in [0.2, 0.25) is 5.91 Å². The molecule has 26 heavy (non-hydrogen) atoms. The summed E-state index contributed by atoms with van der Waals surface area (Å²) in [6.45, 7) is 5.51. The lowest BCUT2D eigenvalue weighted by atomic mass is 10.0. The van der Waals surface area contributed by atoms with E-state index >= 15 is 0 Å². The number of hydrogen-bond acceptors (Lipinski definition) is 3. The summed E-state index contributed by atoms with van der Waals surface area (Å²) in [6, 6.07) is 12.3. The first-order valence-electron chi connectivity index (χ1n) is 8.90. The first-order valence-corrected chi connectivity index (χ1v) is 8.90. The summed E-state index contributed by atoms with van der Waals surface area (Å²) in [5, 5.41) is 4.07. The van der Waals surface area contributed by atoms with Crippen LogP contribution < -0.4 is 5.32 Å². The Labute approximate surface area is 154 Å². The molecule has 1 amide bonds. The lowest BCUT2D eigenvalue weighted by Gasteiger charge is -2.14. The molecule has 0 aliphatic heterocycles. The number of benzene rings is 2. The van der Waals surface area contributed by atoms with E-state index in [0.717, 1.165) is 34.2 Å². The molecule has 0 fully saturated rings. The zero-order valence-electron chi connectivity index (χ0n) is 15.9. The highest BCUT2D eigenvalue weighted by Crippen LogP contribution is 2.26. The number of hydrogen-bond donors (Lipinski definition) is 1. The van der Waals surface area contributed by atoms with E-state index in [0.29, 0.717) is 13.0 Å². The van der Waals surface area contributed by atoms with E-state index < -0.39 is 0 Å². The summed E-state index contributed by atoms with van der Waals surface area (Å²) in [5.74, 6) is 0.00517. The van der Waals surface area contributed by atoms with Crippen LogP contribution in [0.3, 0.4) is 0 Å². The van der Waals surface area contributed by atoms with Crippen molar-refractivity contribution in [2.75, 3.05) is 14.1 Å². The van der Waals surface area contributed by atoms with Crippen LogP contribution in [0.15, 0.2) is 47.1 Å². The van der Waals surface area contributed by atoms with Gasteiger partial charge in [0.05, 0.1) is 12.7 Å². The number of aryl methyl sites for hydroxylation is 2. The van der Waals surface area contributed by atoms with E-state index in [1.807, 2.05) is 39.2 Å². The Morgan fingerprint density at radius 3 is 2.50 bits per heavy atom. The Morgan fingerprint density at radius 1 is 1.04 bits per heavy atom. The first kappa shape index (κ1) is 18.2. The molecular weight excluding hydrogens is 324 g/mol. The molecule has 4 nitrogen and oxygen atoms in total. The SMILES string of the molecule is Cc1ccc2c(CC(=O)NCc3ccccc3CN(C)C)coc2c1C. The molecule has 0 spiro atoms. The van der Waals surface area contributed by atoms with E-state index in [2.05, 4.69) is 35.3 Å². The maximum absolute atomic E-state index is 12.4. The third-order valence-electron chi connectivity index (χ3n) is 4.77. The molecule has 0 atom stereocenters. The maximum Gasteiger partial charge on any atom is 0.224 e. The van der Waals surface area contributed by atoms with Crippen molar-refractivity contribution in [2.24, 2.45) is 0 Å². The minimum absolute atomic E-state index is 0.00517. The molecule has 2 aromatic carbocycles. The van der Waals surface area contributed by atoms with Crippen LogP contribution in [0.4, 0.5) is 0 Å². The molecule has 4 heteroatoms. The van der Waals surface area contributed by atoms with E-state index in [9.17, 15) is 4.79 Å². The van der Waals surface area contributed by atoms with Crippen molar-refractivity contribution >= 4 is 16.9 Å². The fraction of sp³-hybridized carbons (Fsp3) is 0.318. The molecule has 136 valence electrons. The van der Waals surface area contributed by atoms with Crippen molar-refractivity contribution in [3.05, 3.63) is 70.5 Å². The van der Waals surface area contributed by atoms with Gasteiger partial charge in [0, 0.05) is 24.0 Å².